The van der Waals surface area contributed by atoms with Gasteiger partial charge in [0.1, 0.15) is 23.1 Å². The molecule has 1 aliphatic heterocycles. The number of carbonyl (C=O) groups is 2. The highest BCUT2D eigenvalue weighted by atomic mass is 19.1. The third kappa shape index (κ3) is 5.88. The third-order valence-electron chi connectivity index (χ3n) is 8.20. The van der Waals surface area contributed by atoms with Crippen molar-refractivity contribution in [3.05, 3.63) is 65.1 Å². The average molecular weight is 541 g/mol. The van der Waals surface area contributed by atoms with Gasteiger partial charge in [-0.3, -0.25) is 19.7 Å². The van der Waals surface area contributed by atoms with E-state index in [0.29, 0.717) is 61.5 Å². The number of carbonyl (C=O) groups excluding carboxylic acids is 2. The molecular weight excluding hydrogens is 506 g/mol. The Hall–Kier alpha value is -3.21. The number of fused-ring (bicyclic) bond motifs is 1. The molecule has 39 heavy (non-hydrogen) atoms. The fourth-order valence-corrected chi connectivity index (χ4v) is 5.88. The molecule has 1 saturated heterocycles. The van der Waals surface area contributed by atoms with Crippen molar-refractivity contribution in [3.8, 4) is 0 Å². The maximum Gasteiger partial charge on any atom is 0.295 e. The summed E-state index contributed by atoms with van der Waals surface area (Å²) in [5.74, 6) is -1.69. The van der Waals surface area contributed by atoms with E-state index in [4.69, 9.17) is 0 Å². The summed E-state index contributed by atoms with van der Waals surface area (Å²) in [6, 6.07) is 5.11. The lowest BCUT2D eigenvalue weighted by atomic mass is 9.82. The van der Waals surface area contributed by atoms with Gasteiger partial charge in [-0.25, -0.2) is 18.8 Å². The Morgan fingerprint density at radius 1 is 1.18 bits per heavy atom. The zero-order valence-electron chi connectivity index (χ0n) is 22.1. The van der Waals surface area contributed by atoms with Crippen molar-refractivity contribution < 1.29 is 28.7 Å². The summed E-state index contributed by atoms with van der Waals surface area (Å²) >= 11 is 0. The number of ketones is 1. The van der Waals surface area contributed by atoms with Gasteiger partial charge in [0, 0.05) is 61.7 Å². The van der Waals surface area contributed by atoms with Crippen LogP contribution in [0.25, 0.3) is 10.9 Å². The van der Waals surface area contributed by atoms with E-state index in [1.807, 2.05) is 10.8 Å². The molecule has 1 atom stereocenters. The molecule has 1 aliphatic carbocycles. The van der Waals surface area contributed by atoms with Crippen LogP contribution in [0.2, 0.25) is 0 Å². The number of hydroxylamine groups is 2. The molecule has 5 rings (SSSR count). The molecule has 1 saturated carbocycles. The number of piperidine rings is 1. The highest BCUT2D eigenvalue weighted by Gasteiger charge is 2.38. The first-order chi connectivity index (χ1) is 18.7. The molecule has 0 spiro atoms. The Morgan fingerprint density at radius 3 is 2.62 bits per heavy atom. The number of hydrogen-bond donors (Lipinski definition) is 2. The summed E-state index contributed by atoms with van der Waals surface area (Å²) in [5, 5.41) is 22.4. The van der Waals surface area contributed by atoms with Crippen molar-refractivity contribution in [1.29, 1.82) is 0 Å². The van der Waals surface area contributed by atoms with Crippen molar-refractivity contribution in [2.75, 3.05) is 19.6 Å². The highest BCUT2D eigenvalue weighted by Crippen LogP contribution is 2.35. The van der Waals surface area contributed by atoms with Crippen molar-refractivity contribution in [2.45, 2.75) is 64.1 Å². The van der Waals surface area contributed by atoms with Gasteiger partial charge in [0.15, 0.2) is 0 Å². The van der Waals surface area contributed by atoms with Crippen LogP contribution < -0.4 is 0 Å². The minimum absolute atomic E-state index is 0.0379. The van der Waals surface area contributed by atoms with E-state index < -0.39 is 23.1 Å². The summed E-state index contributed by atoms with van der Waals surface area (Å²) in [6.45, 7) is 3.73. The lowest BCUT2D eigenvalue weighted by Crippen LogP contribution is -2.45. The lowest BCUT2D eigenvalue weighted by Gasteiger charge is -2.39. The number of nitrogens with zero attached hydrogens (tertiary/aromatic N) is 4. The number of pyridine rings is 1. The van der Waals surface area contributed by atoms with Crippen molar-refractivity contribution in [1.82, 2.24) is 19.5 Å². The molecule has 208 valence electrons. The predicted octanol–water partition coefficient (Wildman–Crippen LogP) is 4.30. The van der Waals surface area contributed by atoms with E-state index >= 15 is 0 Å². The molecule has 10 heteroatoms. The Bertz CT molecular complexity index is 1380. The van der Waals surface area contributed by atoms with E-state index in [9.17, 15) is 28.7 Å². The molecule has 8 nitrogen and oxygen atoms in total. The zero-order chi connectivity index (χ0) is 27.7. The second-order valence-corrected chi connectivity index (χ2v) is 10.9. The van der Waals surface area contributed by atoms with Gasteiger partial charge in [0.05, 0.1) is 23.9 Å². The number of rotatable bonds is 8. The molecule has 0 bridgehead atoms. The van der Waals surface area contributed by atoms with E-state index in [2.05, 4.69) is 9.88 Å². The Kier molecular flexibility index (Phi) is 7.80. The van der Waals surface area contributed by atoms with Crippen LogP contribution in [0.4, 0.5) is 8.78 Å². The van der Waals surface area contributed by atoms with E-state index in [-0.39, 0.29) is 30.5 Å². The molecule has 2 aromatic heterocycles. The zero-order valence-corrected chi connectivity index (χ0v) is 22.1. The first-order valence-electron chi connectivity index (χ1n) is 13.6. The maximum absolute atomic E-state index is 14.5. The fraction of sp³-hybridized carbons (Fsp3) is 0.483. The summed E-state index contributed by atoms with van der Waals surface area (Å²) in [4.78, 5) is 31.2. The molecule has 1 unspecified atom stereocenters. The first kappa shape index (κ1) is 27.4. The molecule has 3 aromatic rings. The number of aliphatic hydroxyl groups is 1. The van der Waals surface area contributed by atoms with Gasteiger partial charge in [0.25, 0.3) is 5.91 Å². The van der Waals surface area contributed by atoms with Gasteiger partial charge in [-0.15, -0.1) is 0 Å². The minimum atomic E-state index is -0.844. The molecule has 2 N–H and O–H groups in total. The topological polar surface area (TPSA) is 98.9 Å². The third-order valence-corrected chi connectivity index (χ3v) is 8.20. The molecule has 1 amide bonds. The Labute approximate surface area is 225 Å². The van der Waals surface area contributed by atoms with Gasteiger partial charge in [0.2, 0.25) is 0 Å². The normalized spacial score (nSPS) is 19.6. The molecule has 3 heterocycles. The van der Waals surface area contributed by atoms with Crippen molar-refractivity contribution in [2.24, 2.45) is 5.92 Å². The molecule has 0 radical (unpaired) electrons. The summed E-state index contributed by atoms with van der Waals surface area (Å²) in [6.07, 6.45) is 7.46. The lowest BCUT2D eigenvalue weighted by molar-refractivity contribution is -0.123. The number of Topliss-reactive ketones (excluding diaryl/α,β-unsaturated/α-hetero) is 1. The highest BCUT2D eigenvalue weighted by molar-refractivity contribution is 5.96. The van der Waals surface area contributed by atoms with Gasteiger partial charge in [-0.2, -0.15) is 0 Å². The summed E-state index contributed by atoms with van der Waals surface area (Å²) < 4.78 is 29.7. The first-order valence-corrected chi connectivity index (χ1v) is 13.6. The number of amides is 1. The van der Waals surface area contributed by atoms with Crippen LogP contribution in [0, 0.1) is 17.6 Å². The molecule has 1 aromatic carbocycles. The summed E-state index contributed by atoms with van der Waals surface area (Å²) in [5.41, 5.74) is 1.13. The SMILES string of the molecule is CCN(O)C(=O)c1cc2c(CN3CCC(O)(CC4CCCC4=O)CC3)cn(Cc3ccc(F)cc3F)c2cn1. The predicted molar refractivity (Wildman–Crippen MR) is 140 cm³/mol. The second-order valence-electron chi connectivity index (χ2n) is 10.9. The Balaban J connectivity index is 1.39. The number of halogens is 2. The largest absolute Gasteiger partial charge is 0.390 e. The van der Waals surface area contributed by atoms with Gasteiger partial charge in [-0.1, -0.05) is 6.07 Å². The van der Waals surface area contributed by atoms with Crippen molar-refractivity contribution >= 4 is 22.6 Å². The minimum Gasteiger partial charge on any atom is -0.390 e. The van der Waals surface area contributed by atoms with Gasteiger partial charge in [-0.05, 0) is 56.7 Å². The molecule has 2 aliphatic rings. The number of hydrogen-bond acceptors (Lipinski definition) is 6. The Morgan fingerprint density at radius 2 is 1.95 bits per heavy atom. The van der Waals surface area contributed by atoms with E-state index in [0.717, 1.165) is 29.9 Å². The van der Waals surface area contributed by atoms with Crippen LogP contribution in [0.5, 0.6) is 0 Å². The molecule has 2 fully saturated rings. The van der Waals surface area contributed by atoms with E-state index in [1.165, 1.54) is 18.3 Å². The van der Waals surface area contributed by atoms with Crippen LogP contribution in [-0.4, -0.2) is 66.8 Å². The standard InChI is InChI=1S/C29H34F2N4O4/c1-2-35(39)28(37)25-13-23-21(16-33-10-8-29(38,9-11-33)14-19-4-3-5-27(19)36)18-34(26(23)15-32-25)17-20-6-7-22(30)12-24(20)31/h6-7,12-13,15,18-19,38-39H,2-5,8-11,14,16-17H2,1H3. The fourth-order valence-electron chi connectivity index (χ4n) is 5.88. The monoisotopic (exact) mass is 540 g/mol. The maximum atomic E-state index is 14.5. The van der Waals surface area contributed by atoms with Crippen molar-refractivity contribution in [3.63, 3.8) is 0 Å². The van der Waals surface area contributed by atoms with Crippen LogP contribution in [0.3, 0.4) is 0 Å². The van der Waals surface area contributed by atoms with Crippen LogP contribution in [-0.2, 0) is 17.9 Å². The van der Waals surface area contributed by atoms with Gasteiger partial charge >= 0.3 is 0 Å². The average Bonchev–Trinajstić information content (AvgIpc) is 3.48. The van der Waals surface area contributed by atoms with Crippen LogP contribution in [0.15, 0.2) is 36.7 Å². The smallest absolute Gasteiger partial charge is 0.295 e. The van der Waals surface area contributed by atoms with E-state index in [1.54, 1.807) is 13.0 Å². The molecular formula is C29H34F2N4O4. The number of aromatic nitrogens is 2. The van der Waals surface area contributed by atoms with Gasteiger partial charge < -0.3 is 9.67 Å². The summed E-state index contributed by atoms with van der Waals surface area (Å²) in [7, 11) is 0. The number of likely N-dealkylation sites (tertiary alicyclic amines) is 1. The second kappa shape index (κ2) is 11.1. The van der Waals surface area contributed by atoms with Crippen LogP contribution >= 0.6 is 0 Å². The quantitative estimate of drug-likeness (QED) is 0.327. The van der Waals surface area contributed by atoms with Crippen LogP contribution in [0.1, 0.15) is 67.1 Å². The number of benzene rings is 1.